The number of halogens is 2. The number of benzene rings is 2. The van der Waals surface area contributed by atoms with E-state index in [1.807, 2.05) is 0 Å². The molecule has 7 rings (SSSR count). The zero-order valence-corrected chi connectivity index (χ0v) is 23.8. The number of ether oxygens (including phenoxy) is 3. The van der Waals surface area contributed by atoms with Gasteiger partial charge in [0, 0.05) is 12.1 Å². The van der Waals surface area contributed by atoms with Gasteiger partial charge in [-0.1, -0.05) is 6.07 Å². The van der Waals surface area contributed by atoms with E-state index in [0.29, 0.717) is 30.6 Å². The van der Waals surface area contributed by atoms with Gasteiger partial charge < -0.3 is 29.7 Å². The molecule has 0 saturated carbocycles. The number of aryl methyl sites for hydroxylation is 1. The number of aliphatic hydroxyl groups excluding tert-OH is 1. The molecule has 4 aromatic rings. The van der Waals surface area contributed by atoms with Crippen LogP contribution >= 0.6 is 0 Å². The number of rotatable bonds is 9. The number of nitrogens with one attached hydrogen (secondary N) is 1. The maximum absolute atomic E-state index is 16.7. The summed E-state index contributed by atoms with van der Waals surface area (Å²) in [4.78, 5) is 16.1. The van der Waals surface area contributed by atoms with E-state index in [1.54, 1.807) is 6.92 Å². The molecule has 3 saturated heterocycles. The van der Waals surface area contributed by atoms with E-state index in [4.69, 9.17) is 14.2 Å². The number of anilines is 1. The number of phenolic OH excluding ortho intramolecular Hbond substituents is 1. The molecule has 12 heteroatoms. The molecule has 0 unspecified atom stereocenters. The van der Waals surface area contributed by atoms with Gasteiger partial charge in [-0.2, -0.15) is 9.97 Å². The number of aromatic hydroxyl groups is 1. The van der Waals surface area contributed by atoms with Crippen LogP contribution in [0.5, 0.6) is 17.6 Å². The average molecular weight is 594 g/mol. The lowest BCUT2D eigenvalue weighted by Gasteiger charge is -2.31. The second-order valence-electron chi connectivity index (χ2n) is 11.6. The largest absolute Gasteiger partial charge is 0.508 e. The number of pyridine rings is 1. The van der Waals surface area contributed by atoms with Crippen molar-refractivity contribution < 1.29 is 33.2 Å². The minimum absolute atomic E-state index is 0.0157. The Bertz CT molecular complexity index is 1710. The van der Waals surface area contributed by atoms with Gasteiger partial charge in [-0.15, -0.1) is 0 Å². The van der Waals surface area contributed by atoms with E-state index < -0.39 is 11.6 Å². The summed E-state index contributed by atoms with van der Waals surface area (Å²) in [5.41, 5.74) is 0.130. The average Bonchev–Trinajstić information content (AvgIpc) is 3.56. The number of hydrogen-bond acceptors (Lipinski definition) is 10. The molecular weight excluding hydrogens is 560 g/mol. The van der Waals surface area contributed by atoms with Crippen molar-refractivity contribution in [2.24, 2.45) is 0 Å². The van der Waals surface area contributed by atoms with Crippen molar-refractivity contribution in [3.05, 3.63) is 41.5 Å². The predicted molar refractivity (Wildman–Crippen MR) is 156 cm³/mol. The molecule has 10 nitrogen and oxygen atoms in total. The van der Waals surface area contributed by atoms with Gasteiger partial charge in [-0.3, -0.25) is 4.90 Å². The number of phenols is 1. The van der Waals surface area contributed by atoms with Crippen LogP contribution in [0.1, 0.15) is 31.2 Å². The lowest BCUT2D eigenvalue weighted by Crippen LogP contribution is -2.43. The molecule has 2 aromatic carbocycles. The first-order valence-corrected chi connectivity index (χ1v) is 14.7. The summed E-state index contributed by atoms with van der Waals surface area (Å²) in [6.07, 6.45) is 3.89. The first-order valence-electron chi connectivity index (χ1n) is 14.7. The monoisotopic (exact) mass is 593 g/mol. The zero-order valence-electron chi connectivity index (χ0n) is 23.8. The van der Waals surface area contributed by atoms with Crippen LogP contribution in [0.4, 0.5) is 14.6 Å². The van der Waals surface area contributed by atoms with Gasteiger partial charge in [-0.25, -0.2) is 13.8 Å². The van der Waals surface area contributed by atoms with Crippen molar-refractivity contribution in [3.8, 4) is 28.9 Å². The molecule has 3 aliphatic heterocycles. The highest BCUT2D eigenvalue weighted by Crippen LogP contribution is 2.42. The van der Waals surface area contributed by atoms with Crippen molar-refractivity contribution in [1.82, 2.24) is 19.9 Å². The van der Waals surface area contributed by atoms with Crippen molar-refractivity contribution in [1.29, 1.82) is 0 Å². The maximum atomic E-state index is 16.7. The number of aliphatic hydroxyl groups is 1. The lowest BCUT2D eigenvalue weighted by atomic mass is 9.95. The number of hydrogen-bond donors (Lipinski definition) is 3. The van der Waals surface area contributed by atoms with Gasteiger partial charge >= 0.3 is 6.01 Å². The van der Waals surface area contributed by atoms with E-state index >= 15 is 4.39 Å². The van der Waals surface area contributed by atoms with E-state index in [-0.39, 0.29) is 76.0 Å². The first-order chi connectivity index (χ1) is 20.9. The lowest BCUT2D eigenvalue weighted by molar-refractivity contribution is -0.0806. The number of fused-ring (bicyclic) bond motifs is 3. The SMILES string of the molecule is Cc1c(F)ccc2cc(O)cc(-c3nc(OC4COC4)c4c(NCCO)nc(OCC56CCCN5CCC6)nc4c3F)c12. The minimum atomic E-state index is -0.802. The van der Waals surface area contributed by atoms with Crippen LogP contribution in [-0.4, -0.2) is 87.8 Å². The van der Waals surface area contributed by atoms with Gasteiger partial charge in [0.25, 0.3) is 0 Å². The van der Waals surface area contributed by atoms with Crippen LogP contribution in [0.3, 0.4) is 0 Å². The summed E-state index contributed by atoms with van der Waals surface area (Å²) in [6, 6.07) is 5.68. The summed E-state index contributed by atoms with van der Waals surface area (Å²) in [6.45, 7) is 4.62. The Hall–Kier alpha value is -3.87. The fourth-order valence-corrected chi connectivity index (χ4v) is 6.64. The smallest absolute Gasteiger partial charge is 0.319 e. The Morgan fingerprint density at radius 1 is 1.09 bits per heavy atom. The second kappa shape index (κ2) is 11.0. The van der Waals surface area contributed by atoms with Gasteiger partial charge in [0.15, 0.2) is 5.82 Å². The molecule has 226 valence electrons. The fraction of sp³-hybridized carbons (Fsp3) is 0.452. The molecule has 0 atom stereocenters. The molecule has 3 fully saturated rings. The fourth-order valence-electron chi connectivity index (χ4n) is 6.64. The van der Waals surface area contributed by atoms with E-state index in [0.717, 1.165) is 38.8 Å². The van der Waals surface area contributed by atoms with Crippen molar-refractivity contribution in [2.75, 3.05) is 51.4 Å². The summed E-state index contributed by atoms with van der Waals surface area (Å²) in [5.74, 6) is -1.14. The summed E-state index contributed by atoms with van der Waals surface area (Å²) >= 11 is 0. The molecule has 0 bridgehead atoms. The van der Waals surface area contributed by atoms with Crippen LogP contribution in [0, 0.1) is 18.6 Å². The van der Waals surface area contributed by atoms with Crippen LogP contribution in [0.2, 0.25) is 0 Å². The summed E-state index contributed by atoms with van der Waals surface area (Å²) in [5, 5.41) is 24.3. The highest BCUT2D eigenvalue weighted by atomic mass is 19.1. The molecule has 43 heavy (non-hydrogen) atoms. The molecule has 0 aliphatic carbocycles. The quantitative estimate of drug-likeness (QED) is 0.259. The van der Waals surface area contributed by atoms with Crippen molar-refractivity contribution in [3.63, 3.8) is 0 Å². The summed E-state index contributed by atoms with van der Waals surface area (Å²) < 4.78 is 49.1. The highest BCUT2D eigenvalue weighted by molar-refractivity contribution is 6.03. The second-order valence-corrected chi connectivity index (χ2v) is 11.6. The molecule has 2 aromatic heterocycles. The topological polar surface area (TPSA) is 122 Å². The van der Waals surface area contributed by atoms with Gasteiger partial charge in [0.1, 0.15) is 46.7 Å². The van der Waals surface area contributed by atoms with E-state index in [9.17, 15) is 14.6 Å². The molecule has 5 heterocycles. The van der Waals surface area contributed by atoms with Crippen LogP contribution in [0.15, 0.2) is 24.3 Å². The Morgan fingerprint density at radius 3 is 2.60 bits per heavy atom. The molecule has 3 N–H and O–H groups in total. The Labute approximate surface area is 246 Å². The third kappa shape index (κ3) is 4.87. The maximum Gasteiger partial charge on any atom is 0.319 e. The third-order valence-electron chi connectivity index (χ3n) is 8.85. The molecular formula is C31H33F2N5O5. The third-order valence-corrected chi connectivity index (χ3v) is 8.85. The van der Waals surface area contributed by atoms with Crippen LogP contribution in [-0.2, 0) is 4.74 Å². The Morgan fingerprint density at radius 2 is 1.88 bits per heavy atom. The normalized spacial score (nSPS) is 18.2. The molecule has 3 aliphatic rings. The van der Waals surface area contributed by atoms with Gasteiger partial charge in [0.2, 0.25) is 5.88 Å². The molecule has 0 amide bonds. The number of nitrogens with zero attached hydrogens (tertiary/aromatic N) is 4. The zero-order chi connectivity index (χ0) is 29.7. The van der Waals surface area contributed by atoms with Crippen molar-refractivity contribution >= 4 is 27.5 Å². The van der Waals surface area contributed by atoms with E-state index in [1.165, 1.54) is 24.3 Å². The summed E-state index contributed by atoms with van der Waals surface area (Å²) in [7, 11) is 0. The first kappa shape index (κ1) is 27.9. The van der Waals surface area contributed by atoms with Crippen LogP contribution < -0.4 is 14.8 Å². The van der Waals surface area contributed by atoms with E-state index in [2.05, 4.69) is 25.2 Å². The Balaban J connectivity index is 1.42. The van der Waals surface area contributed by atoms with Gasteiger partial charge in [0.05, 0.1) is 25.4 Å². The van der Waals surface area contributed by atoms with Crippen LogP contribution in [0.25, 0.3) is 32.9 Å². The van der Waals surface area contributed by atoms with Gasteiger partial charge in [-0.05, 0) is 80.2 Å². The van der Waals surface area contributed by atoms with Crippen molar-refractivity contribution in [2.45, 2.75) is 44.2 Å². The molecule has 0 spiro atoms. The molecule has 0 radical (unpaired) electrons. The standard InChI is InChI=1S/C31H33F2N5O5/c1-17-22(32)5-4-18-12-19(40)13-21(23(17)18)26-25(33)27-24(29(35-26)43-20-14-41-15-20)28(34-8-11-39)37-30(36-27)42-16-31-6-2-9-38(31)10-3-7-31/h4-5,12-13,20,39-40H,2-3,6-11,14-16H2,1H3,(H,34,36,37). The Kier molecular flexibility index (Phi) is 7.15. The highest BCUT2D eigenvalue weighted by Gasteiger charge is 2.45. The predicted octanol–water partition coefficient (Wildman–Crippen LogP) is 4.33. The minimum Gasteiger partial charge on any atom is -0.508 e. The number of aromatic nitrogens is 3.